The molecule has 2 heterocycles. The van der Waals surface area contributed by atoms with Crippen molar-refractivity contribution in [2.45, 2.75) is 6.42 Å². The molecule has 4 N–H and O–H groups in total. The number of nitrogens with one attached hydrogen (secondary N) is 4. The van der Waals surface area contributed by atoms with Crippen LogP contribution in [0.5, 0.6) is 0 Å². The number of benzene rings is 1. The number of hydrogen-bond donors (Lipinski definition) is 4. The molecule has 7 nitrogen and oxygen atoms in total. The molecule has 1 aromatic carbocycles. The van der Waals surface area contributed by atoms with E-state index in [1.165, 1.54) is 11.3 Å². The summed E-state index contributed by atoms with van der Waals surface area (Å²) in [4.78, 5) is 38.6. The minimum atomic E-state index is -0.409. The molecule has 0 radical (unpaired) electrons. The molecule has 3 rings (SSSR count). The van der Waals surface area contributed by atoms with E-state index < -0.39 is 5.91 Å². The topological polar surface area (TPSA) is 103 Å². The highest BCUT2D eigenvalue weighted by atomic mass is 32.1. The van der Waals surface area contributed by atoms with Crippen LogP contribution in [0.4, 0.5) is 0 Å². The van der Waals surface area contributed by atoms with Gasteiger partial charge in [0.2, 0.25) is 5.91 Å². The molecule has 0 saturated heterocycles. The van der Waals surface area contributed by atoms with Gasteiger partial charge in [-0.05, 0) is 17.5 Å². The molecule has 3 amide bonds. The monoisotopic (exact) mass is 356 g/mol. The summed E-state index contributed by atoms with van der Waals surface area (Å²) >= 11 is 1.43. The molecule has 25 heavy (non-hydrogen) atoms. The summed E-state index contributed by atoms with van der Waals surface area (Å²) in [7, 11) is 0. The van der Waals surface area contributed by atoms with E-state index in [4.69, 9.17) is 0 Å². The summed E-state index contributed by atoms with van der Waals surface area (Å²) in [6.07, 6.45) is 1.65. The first-order valence-corrected chi connectivity index (χ1v) is 8.55. The van der Waals surface area contributed by atoms with Gasteiger partial charge in [0.25, 0.3) is 11.8 Å². The maximum absolute atomic E-state index is 12.1. The third-order valence-corrected chi connectivity index (χ3v) is 4.25. The molecule has 0 aliphatic carbocycles. The Hall–Kier alpha value is -3.13. The zero-order valence-electron chi connectivity index (χ0n) is 13.2. The molecule has 128 valence electrons. The zero-order chi connectivity index (χ0) is 17.6. The molecule has 0 fully saturated rings. The highest BCUT2D eigenvalue weighted by Gasteiger charge is 2.12. The van der Waals surface area contributed by atoms with E-state index in [1.54, 1.807) is 17.6 Å². The average molecular weight is 356 g/mol. The van der Waals surface area contributed by atoms with Gasteiger partial charge in [-0.2, -0.15) is 11.3 Å². The zero-order valence-corrected chi connectivity index (χ0v) is 14.0. The summed E-state index contributed by atoms with van der Waals surface area (Å²) in [5.74, 6) is -1.02. The van der Waals surface area contributed by atoms with Crippen molar-refractivity contribution in [2.24, 2.45) is 0 Å². The number of aromatic amines is 1. The van der Waals surface area contributed by atoms with Gasteiger partial charge in [-0.15, -0.1) is 0 Å². The second-order valence-electron chi connectivity index (χ2n) is 5.27. The summed E-state index contributed by atoms with van der Waals surface area (Å²) in [6, 6.07) is 9.10. The van der Waals surface area contributed by atoms with Crippen LogP contribution >= 0.6 is 11.3 Å². The van der Waals surface area contributed by atoms with E-state index in [9.17, 15) is 14.4 Å². The van der Waals surface area contributed by atoms with Crippen LogP contribution in [0.15, 0.2) is 47.3 Å². The van der Waals surface area contributed by atoms with Crippen molar-refractivity contribution >= 4 is 40.0 Å². The second-order valence-corrected chi connectivity index (χ2v) is 6.05. The van der Waals surface area contributed by atoms with Gasteiger partial charge in [0.1, 0.15) is 0 Å². The number of amides is 3. The average Bonchev–Trinajstić information content (AvgIpc) is 3.29. The minimum absolute atomic E-state index is 0.0596. The third-order valence-electron chi connectivity index (χ3n) is 3.57. The fourth-order valence-electron chi connectivity index (χ4n) is 2.30. The maximum Gasteiger partial charge on any atom is 0.271 e. The lowest BCUT2D eigenvalue weighted by molar-refractivity contribution is -0.121. The first-order valence-electron chi connectivity index (χ1n) is 7.61. The van der Waals surface area contributed by atoms with Crippen molar-refractivity contribution in [2.75, 3.05) is 6.54 Å². The van der Waals surface area contributed by atoms with Gasteiger partial charge in [-0.3, -0.25) is 25.2 Å². The van der Waals surface area contributed by atoms with E-state index in [2.05, 4.69) is 21.2 Å². The van der Waals surface area contributed by atoms with Crippen LogP contribution in [0.25, 0.3) is 10.9 Å². The quantitative estimate of drug-likeness (QED) is 0.524. The van der Waals surface area contributed by atoms with E-state index in [-0.39, 0.29) is 24.8 Å². The number of thiophene rings is 1. The van der Waals surface area contributed by atoms with Crippen LogP contribution < -0.4 is 16.2 Å². The van der Waals surface area contributed by atoms with Crippen LogP contribution in [0.2, 0.25) is 0 Å². The van der Waals surface area contributed by atoms with Crippen LogP contribution in [0.3, 0.4) is 0 Å². The first kappa shape index (κ1) is 16.7. The Morgan fingerprint density at radius 2 is 1.88 bits per heavy atom. The number of aromatic nitrogens is 1. The van der Waals surface area contributed by atoms with Gasteiger partial charge >= 0.3 is 0 Å². The smallest absolute Gasteiger partial charge is 0.271 e. The lowest BCUT2D eigenvalue weighted by Crippen LogP contribution is -2.42. The molecule has 0 atom stereocenters. The summed E-state index contributed by atoms with van der Waals surface area (Å²) < 4.78 is 0. The van der Waals surface area contributed by atoms with Crippen molar-refractivity contribution in [3.8, 4) is 0 Å². The number of para-hydroxylation sites is 1. The number of hydrazine groups is 1. The van der Waals surface area contributed by atoms with Crippen LogP contribution in [-0.2, 0) is 4.79 Å². The minimum Gasteiger partial charge on any atom is -0.360 e. The summed E-state index contributed by atoms with van der Waals surface area (Å²) in [6.45, 7) is 0.184. The Labute approximate surface area is 147 Å². The highest BCUT2D eigenvalue weighted by molar-refractivity contribution is 7.08. The van der Waals surface area contributed by atoms with Gasteiger partial charge in [-0.1, -0.05) is 18.2 Å². The molecule has 2 aromatic heterocycles. The molecule has 8 heteroatoms. The fraction of sp³-hybridized carbons (Fsp3) is 0.118. The Bertz CT molecular complexity index is 902. The second kappa shape index (κ2) is 7.63. The van der Waals surface area contributed by atoms with Gasteiger partial charge in [0.15, 0.2) is 0 Å². The highest BCUT2D eigenvalue weighted by Crippen LogP contribution is 2.17. The van der Waals surface area contributed by atoms with Crippen molar-refractivity contribution in [1.82, 2.24) is 21.2 Å². The van der Waals surface area contributed by atoms with Crippen molar-refractivity contribution in [3.05, 3.63) is 58.4 Å². The standard InChI is InChI=1S/C17H16N4O3S/c22-15(5-7-18-16(23)11-6-8-25-10-11)20-21-17(24)13-9-19-14-4-2-1-3-12(13)14/h1-4,6,8-10,19H,5,7H2,(H,18,23)(H,20,22)(H,21,24). The number of fused-ring (bicyclic) bond motifs is 1. The predicted octanol–water partition coefficient (Wildman–Crippen LogP) is 1.81. The summed E-state index contributed by atoms with van der Waals surface area (Å²) in [5, 5.41) is 6.96. The SMILES string of the molecule is O=C(CCNC(=O)c1ccsc1)NNC(=O)c1c[nH]c2ccccc12. The lowest BCUT2D eigenvalue weighted by Gasteiger charge is -2.07. The van der Waals surface area contributed by atoms with E-state index >= 15 is 0 Å². The molecule has 0 aliphatic rings. The Balaban J connectivity index is 1.44. The molecule has 0 saturated carbocycles. The number of rotatable bonds is 5. The number of carbonyl (C=O) groups excluding carboxylic acids is 3. The van der Waals surface area contributed by atoms with Crippen molar-refractivity contribution in [3.63, 3.8) is 0 Å². The van der Waals surface area contributed by atoms with Gasteiger partial charge in [0.05, 0.1) is 5.56 Å². The molecule has 3 aromatic rings. The maximum atomic E-state index is 12.1. The fourth-order valence-corrected chi connectivity index (χ4v) is 2.94. The molecule has 0 aliphatic heterocycles. The molecular formula is C17H16N4O3S. The Morgan fingerprint density at radius 1 is 1.04 bits per heavy atom. The Kier molecular flexibility index (Phi) is 5.10. The molecule has 0 spiro atoms. The largest absolute Gasteiger partial charge is 0.360 e. The predicted molar refractivity (Wildman–Crippen MR) is 95.2 cm³/mol. The lowest BCUT2D eigenvalue weighted by atomic mass is 10.2. The van der Waals surface area contributed by atoms with E-state index in [0.717, 1.165) is 10.9 Å². The number of H-pyrrole nitrogens is 1. The van der Waals surface area contributed by atoms with Crippen LogP contribution in [0.1, 0.15) is 27.1 Å². The van der Waals surface area contributed by atoms with Gasteiger partial charge in [0, 0.05) is 41.0 Å². The number of carbonyl (C=O) groups is 3. The first-order chi connectivity index (χ1) is 12.1. The van der Waals surface area contributed by atoms with E-state index in [1.807, 2.05) is 29.6 Å². The number of hydrogen-bond acceptors (Lipinski definition) is 4. The van der Waals surface area contributed by atoms with Crippen molar-refractivity contribution in [1.29, 1.82) is 0 Å². The summed E-state index contributed by atoms with van der Waals surface area (Å²) in [5.41, 5.74) is 6.57. The Morgan fingerprint density at radius 3 is 2.68 bits per heavy atom. The van der Waals surface area contributed by atoms with E-state index in [0.29, 0.717) is 11.1 Å². The van der Waals surface area contributed by atoms with Crippen LogP contribution in [-0.4, -0.2) is 29.3 Å². The van der Waals surface area contributed by atoms with Gasteiger partial charge < -0.3 is 10.3 Å². The van der Waals surface area contributed by atoms with Gasteiger partial charge in [-0.25, -0.2) is 0 Å². The normalized spacial score (nSPS) is 10.4. The molecule has 0 unspecified atom stereocenters. The third kappa shape index (κ3) is 4.04. The van der Waals surface area contributed by atoms with Crippen LogP contribution in [0, 0.1) is 0 Å². The van der Waals surface area contributed by atoms with Crippen molar-refractivity contribution < 1.29 is 14.4 Å². The molecule has 0 bridgehead atoms. The molecular weight excluding hydrogens is 340 g/mol.